The van der Waals surface area contributed by atoms with Crippen molar-refractivity contribution in [2.24, 2.45) is 5.73 Å². The van der Waals surface area contributed by atoms with Crippen LogP contribution in [0.4, 0.5) is 0 Å². The SMILES string of the molecule is CN1CCN(C(=O)CCCN)CC1. The van der Waals surface area contributed by atoms with Crippen LogP contribution in [0.3, 0.4) is 0 Å². The Bertz CT molecular complexity index is 164. The number of carbonyl (C=O) groups is 1. The van der Waals surface area contributed by atoms with Gasteiger partial charge in [0.25, 0.3) is 0 Å². The molecule has 1 heterocycles. The molecule has 0 aromatic heterocycles. The number of nitrogens with zero attached hydrogens (tertiary/aromatic N) is 2. The largest absolute Gasteiger partial charge is 0.340 e. The summed E-state index contributed by atoms with van der Waals surface area (Å²) in [6.45, 7) is 4.35. The zero-order valence-corrected chi connectivity index (χ0v) is 8.33. The van der Waals surface area contributed by atoms with Gasteiger partial charge in [-0.25, -0.2) is 0 Å². The summed E-state index contributed by atoms with van der Waals surface area (Å²) in [4.78, 5) is 15.7. The van der Waals surface area contributed by atoms with E-state index < -0.39 is 0 Å². The summed E-state index contributed by atoms with van der Waals surface area (Å²) < 4.78 is 0. The predicted octanol–water partition coefficient (Wildman–Crippen LogP) is -0.501. The van der Waals surface area contributed by atoms with Crippen LogP contribution in [0.5, 0.6) is 0 Å². The van der Waals surface area contributed by atoms with Crippen molar-refractivity contribution in [2.45, 2.75) is 12.8 Å². The molecule has 0 aliphatic carbocycles. The Hall–Kier alpha value is -0.610. The molecule has 1 aliphatic rings. The molecule has 0 aromatic carbocycles. The number of hydrogen-bond acceptors (Lipinski definition) is 3. The first-order valence-corrected chi connectivity index (χ1v) is 4.90. The molecular formula is C9H19N3O. The Morgan fingerprint density at radius 3 is 2.46 bits per heavy atom. The molecule has 13 heavy (non-hydrogen) atoms. The van der Waals surface area contributed by atoms with Crippen LogP contribution in [0.1, 0.15) is 12.8 Å². The first-order valence-electron chi connectivity index (χ1n) is 4.90. The molecule has 0 aromatic rings. The van der Waals surface area contributed by atoms with Crippen LogP contribution in [0.15, 0.2) is 0 Å². The molecule has 0 unspecified atom stereocenters. The molecule has 1 saturated heterocycles. The van der Waals surface area contributed by atoms with Gasteiger partial charge in [-0.3, -0.25) is 4.79 Å². The Morgan fingerprint density at radius 2 is 1.92 bits per heavy atom. The van der Waals surface area contributed by atoms with Crippen molar-refractivity contribution in [1.29, 1.82) is 0 Å². The van der Waals surface area contributed by atoms with Crippen LogP contribution >= 0.6 is 0 Å². The fourth-order valence-corrected chi connectivity index (χ4v) is 1.47. The van der Waals surface area contributed by atoms with Crippen molar-refractivity contribution in [1.82, 2.24) is 9.80 Å². The van der Waals surface area contributed by atoms with Gasteiger partial charge < -0.3 is 15.5 Å². The summed E-state index contributed by atoms with van der Waals surface area (Å²) in [6, 6.07) is 0. The molecule has 2 N–H and O–H groups in total. The van der Waals surface area contributed by atoms with Gasteiger partial charge in [0.2, 0.25) is 5.91 Å². The van der Waals surface area contributed by atoms with Crippen LogP contribution in [-0.4, -0.2) is 55.5 Å². The van der Waals surface area contributed by atoms with Crippen LogP contribution in [0, 0.1) is 0 Å². The van der Waals surface area contributed by atoms with E-state index >= 15 is 0 Å². The Kier molecular flexibility index (Phi) is 4.18. The van der Waals surface area contributed by atoms with E-state index in [0.717, 1.165) is 32.6 Å². The van der Waals surface area contributed by atoms with E-state index in [1.165, 1.54) is 0 Å². The topological polar surface area (TPSA) is 49.6 Å². The monoisotopic (exact) mass is 185 g/mol. The van der Waals surface area contributed by atoms with Gasteiger partial charge in [-0.1, -0.05) is 0 Å². The highest BCUT2D eigenvalue weighted by molar-refractivity contribution is 5.76. The second-order valence-electron chi connectivity index (χ2n) is 3.58. The lowest BCUT2D eigenvalue weighted by molar-refractivity contribution is -0.132. The van der Waals surface area contributed by atoms with E-state index in [0.29, 0.717) is 13.0 Å². The van der Waals surface area contributed by atoms with Gasteiger partial charge in [-0.2, -0.15) is 0 Å². The molecule has 76 valence electrons. The van der Waals surface area contributed by atoms with E-state index in [1.807, 2.05) is 4.90 Å². The molecule has 4 nitrogen and oxygen atoms in total. The average molecular weight is 185 g/mol. The summed E-state index contributed by atoms with van der Waals surface area (Å²) in [5.74, 6) is 0.263. The minimum absolute atomic E-state index is 0.263. The normalized spacial score (nSPS) is 19.1. The number of hydrogen-bond donors (Lipinski definition) is 1. The fraction of sp³-hybridized carbons (Fsp3) is 0.889. The molecule has 0 atom stereocenters. The van der Waals surface area contributed by atoms with Crippen LogP contribution in [0.2, 0.25) is 0 Å². The lowest BCUT2D eigenvalue weighted by atomic mass is 10.2. The van der Waals surface area contributed by atoms with Crippen molar-refractivity contribution in [2.75, 3.05) is 39.8 Å². The minimum Gasteiger partial charge on any atom is -0.340 e. The van der Waals surface area contributed by atoms with E-state index in [-0.39, 0.29) is 5.91 Å². The molecule has 0 saturated carbocycles. The van der Waals surface area contributed by atoms with E-state index in [4.69, 9.17) is 5.73 Å². The van der Waals surface area contributed by atoms with Crippen molar-refractivity contribution >= 4 is 5.91 Å². The van der Waals surface area contributed by atoms with Gasteiger partial charge in [-0.05, 0) is 20.0 Å². The molecule has 1 rings (SSSR count). The Morgan fingerprint density at radius 1 is 1.31 bits per heavy atom. The summed E-state index contributed by atoms with van der Waals surface area (Å²) in [7, 11) is 2.09. The van der Waals surface area contributed by atoms with Gasteiger partial charge >= 0.3 is 0 Å². The summed E-state index contributed by atoms with van der Waals surface area (Å²) in [6.07, 6.45) is 1.42. The van der Waals surface area contributed by atoms with Gasteiger partial charge in [0.1, 0.15) is 0 Å². The standard InChI is InChI=1S/C9H19N3O/c1-11-5-7-12(8-6-11)9(13)3-2-4-10/h2-8,10H2,1H3. The second kappa shape index (κ2) is 5.19. The number of rotatable bonds is 3. The van der Waals surface area contributed by atoms with Gasteiger partial charge in [0.05, 0.1) is 0 Å². The Balaban J connectivity index is 2.23. The first kappa shape index (κ1) is 10.5. The summed E-state index contributed by atoms with van der Waals surface area (Å²) >= 11 is 0. The number of likely N-dealkylation sites (N-methyl/N-ethyl adjacent to an activating group) is 1. The third-order valence-electron chi connectivity index (χ3n) is 2.45. The lowest BCUT2D eigenvalue weighted by Gasteiger charge is -2.32. The summed E-state index contributed by atoms with van der Waals surface area (Å²) in [5.41, 5.74) is 5.35. The number of piperazine rings is 1. The molecule has 1 aliphatic heterocycles. The zero-order chi connectivity index (χ0) is 9.68. The highest BCUT2D eigenvalue weighted by Gasteiger charge is 2.17. The maximum Gasteiger partial charge on any atom is 0.222 e. The molecule has 4 heteroatoms. The maximum atomic E-state index is 11.5. The van der Waals surface area contributed by atoms with E-state index in [9.17, 15) is 4.79 Å². The third-order valence-corrected chi connectivity index (χ3v) is 2.45. The molecule has 1 amide bonds. The van der Waals surface area contributed by atoms with Crippen LogP contribution < -0.4 is 5.73 Å². The summed E-state index contributed by atoms with van der Waals surface area (Å²) in [5, 5.41) is 0. The molecule has 0 spiro atoms. The smallest absolute Gasteiger partial charge is 0.222 e. The molecule has 0 radical (unpaired) electrons. The van der Waals surface area contributed by atoms with Gasteiger partial charge in [0.15, 0.2) is 0 Å². The molecular weight excluding hydrogens is 166 g/mol. The Labute approximate surface area is 79.7 Å². The zero-order valence-electron chi connectivity index (χ0n) is 8.33. The average Bonchev–Trinajstić information content (AvgIpc) is 2.15. The van der Waals surface area contributed by atoms with Gasteiger partial charge in [-0.15, -0.1) is 0 Å². The minimum atomic E-state index is 0.263. The predicted molar refractivity (Wildman–Crippen MR) is 52.4 cm³/mol. The maximum absolute atomic E-state index is 11.5. The first-order chi connectivity index (χ1) is 6.24. The fourth-order valence-electron chi connectivity index (χ4n) is 1.47. The molecule has 0 bridgehead atoms. The lowest BCUT2D eigenvalue weighted by Crippen LogP contribution is -2.47. The van der Waals surface area contributed by atoms with E-state index in [2.05, 4.69) is 11.9 Å². The number of amides is 1. The van der Waals surface area contributed by atoms with Crippen LogP contribution in [-0.2, 0) is 4.79 Å². The van der Waals surface area contributed by atoms with Crippen molar-refractivity contribution in [3.63, 3.8) is 0 Å². The highest BCUT2D eigenvalue weighted by atomic mass is 16.2. The number of carbonyl (C=O) groups excluding carboxylic acids is 1. The molecule has 1 fully saturated rings. The van der Waals surface area contributed by atoms with Crippen molar-refractivity contribution in [3.8, 4) is 0 Å². The van der Waals surface area contributed by atoms with Crippen molar-refractivity contribution in [3.05, 3.63) is 0 Å². The highest BCUT2D eigenvalue weighted by Crippen LogP contribution is 2.02. The van der Waals surface area contributed by atoms with E-state index in [1.54, 1.807) is 0 Å². The second-order valence-corrected chi connectivity index (χ2v) is 3.58. The quantitative estimate of drug-likeness (QED) is 0.645. The third kappa shape index (κ3) is 3.32. The van der Waals surface area contributed by atoms with Gasteiger partial charge in [0, 0.05) is 32.6 Å². The number of nitrogens with two attached hydrogens (primary N) is 1. The van der Waals surface area contributed by atoms with Crippen molar-refractivity contribution < 1.29 is 4.79 Å². The van der Waals surface area contributed by atoms with Crippen LogP contribution in [0.25, 0.3) is 0 Å².